The van der Waals surface area contributed by atoms with Crippen molar-refractivity contribution >= 4 is 22.4 Å². The van der Waals surface area contributed by atoms with Crippen LogP contribution >= 0.6 is 11.3 Å². The Balaban J connectivity index is 2.03. The molecule has 0 spiro atoms. The van der Waals surface area contributed by atoms with Gasteiger partial charge in [0.05, 0.1) is 17.3 Å². The van der Waals surface area contributed by atoms with Crippen LogP contribution in [0.25, 0.3) is 16.1 Å². The van der Waals surface area contributed by atoms with E-state index >= 15 is 0 Å². The number of halogens is 1. The minimum Gasteiger partial charge on any atom is -0.443 e. The van der Waals surface area contributed by atoms with Crippen LogP contribution in [0.5, 0.6) is 0 Å². The van der Waals surface area contributed by atoms with Crippen LogP contribution in [0.2, 0.25) is 0 Å². The van der Waals surface area contributed by atoms with Gasteiger partial charge in [0.15, 0.2) is 4.96 Å². The smallest absolute Gasteiger partial charge is 0.422 e. The molecule has 0 unspecified atom stereocenters. The van der Waals surface area contributed by atoms with Crippen LogP contribution in [0.3, 0.4) is 0 Å². The highest BCUT2D eigenvalue weighted by Crippen LogP contribution is 2.26. The van der Waals surface area contributed by atoms with Crippen molar-refractivity contribution in [2.75, 3.05) is 0 Å². The van der Waals surface area contributed by atoms with Crippen LogP contribution in [0, 0.1) is 12.7 Å². The second kappa shape index (κ2) is 7.92. The molecule has 2 aromatic heterocycles. The van der Waals surface area contributed by atoms with Gasteiger partial charge in [-0.1, -0.05) is 12.1 Å². The minimum atomic E-state index is -0.651. The van der Waals surface area contributed by atoms with Gasteiger partial charge < -0.3 is 4.74 Å². The van der Waals surface area contributed by atoms with E-state index in [1.807, 2.05) is 12.3 Å². The van der Waals surface area contributed by atoms with Crippen LogP contribution in [0.4, 0.5) is 9.18 Å². The lowest BCUT2D eigenvalue weighted by atomic mass is 10.0. The maximum atomic E-state index is 13.8. The van der Waals surface area contributed by atoms with Crippen molar-refractivity contribution in [2.45, 2.75) is 46.3 Å². The van der Waals surface area contributed by atoms with Gasteiger partial charge in [0.1, 0.15) is 11.4 Å². The van der Waals surface area contributed by atoms with Gasteiger partial charge in [0, 0.05) is 11.1 Å². The van der Waals surface area contributed by atoms with E-state index in [-0.39, 0.29) is 11.1 Å². The number of hydrogen-bond donors (Lipinski definition) is 2. The molecule has 0 saturated heterocycles. The van der Waals surface area contributed by atoms with E-state index in [4.69, 9.17) is 4.74 Å². The molecular formula is C20H23FN4O3S. The number of amides is 1. The first-order valence-corrected chi connectivity index (χ1v) is 9.96. The number of hydrazine groups is 1. The second-order valence-corrected chi connectivity index (χ2v) is 8.51. The Bertz CT molecular complexity index is 1120. The number of carbonyl (C=O) groups is 1. The molecule has 1 amide bonds. The Hall–Kier alpha value is -2.78. The normalized spacial score (nSPS) is 12.8. The van der Waals surface area contributed by atoms with Crippen molar-refractivity contribution < 1.29 is 13.9 Å². The standard InChI is InChI=1S/C20H23FN4O3S/c1-11-10-29-18-22-16(12(2)23-24-19(27)28-20(3,4)5)15(17(26)25(11)18)13-7-6-8-14(21)9-13/h6-10,12,23H,1-5H3,(H,24,27)/t12-/m0/s1. The lowest BCUT2D eigenvalue weighted by molar-refractivity contribution is 0.0489. The van der Waals surface area contributed by atoms with Gasteiger partial charge >= 0.3 is 6.09 Å². The van der Waals surface area contributed by atoms with Crippen LogP contribution in [-0.4, -0.2) is 21.1 Å². The summed E-state index contributed by atoms with van der Waals surface area (Å²) in [5, 5.41) is 1.83. The summed E-state index contributed by atoms with van der Waals surface area (Å²) in [5.74, 6) is -0.451. The number of aryl methyl sites for hydroxylation is 1. The molecule has 0 saturated carbocycles. The topological polar surface area (TPSA) is 84.7 Å². The second-order valence-electron chi connectivity index (χ2n) is 7.68. The third kappa shape index (κ3) is 4.63. The molecular weight excluding hydrogens is 395 g/mol. The van der Waals surface area contributed by atoms with E-state index in [0.29, 0.717) is 16.2 Å². The number of carbonyl (C=O) groups excluding carboxylic acids is 1. The van der Waals surface area contributed by atoms with Gasteiger partial charge in [-0.3, -0.25) is 14.6 Å². The maximum Gasteiger partial charge on any atom is 0.422 e. The molecule has 2 N–H and O–H groups in total. The number of rotatable bonds is 4. The summed E-state index contributed by atoms with van der Waals surface area (Å²) in [6, 6.07) is 5.27. The number of aromatic nitrogens is 2. The van der Waals surface area contributed by atoms with Crippen molar-refractivity contribution in [1.82, 2.24) is 20.2 Å². The predicted molar refractivity (Wildman–Crippen MR) is 110 cm³/mol. The Kier molecular flexibility index (Phi) is 5.72. The molecule has 0 aliphatic heterocycles. The predicted octanol–water partition coefficient (Wildman–Crippen LogP) is 3.96. The summed E-state index contributed by atoms with van der Waals surface area (Å²) in [6.45, 7) is 8.83. The molecule has 1 atom stereocenters. The molecule has 0 aliphatic carbocycles. The third-order valence-electron chi connectivity index (χ3n) is 4.08. The first kappa shape index (κ1) is 20.9. The fourth-order valence-electron chi connectivity index (χ4n) is 2.87. The number of thiazole rings is 1. The molecule has 0 radical (unpaired) electrons. The molecule has 1 aromatic carbocycles. The van der Waals surface area contributed by atoms with E-state index < -0.39 is 23.6 Å². The zero-order chi connectivity index (χ0) is 21.3. The molecule has 7 nitrogen and oxygen atoms in total. The average Bonchev–Trinajstić information content (AvgIpc) is 2.99. The molecule has 0 fully saturated rings. The number of fused-ring (bicyclic) bond motifs is 1. The Morgan fingerprint density at radius 1 is 1.34 bits per heavy atom. The molecule has 2 heterocycles. The lowest BCUT2D eigenvalue weighted by Crippen LogP contribution is -2.43. The molecule has 9 heteroatoms. The van der Waals surface area contributed by atoms with E-state index in [0.717, 1.165) is 5.69 Å². The Morgan fingerprint density at radius 3 is 2.72 bits per heavy atom. The zero-order valence-corrected chi connectivity index (χ0v) is 17.7. The van der Waals surface area contributed by atoms with Gasteiger partial charge in [0.25, 0.3) is 5.56 Å². The highest BCUT2D eigenvalue weighted by Gasteiger charge is 2.23. The average molecular weight is 418 g/mol. The largest absolute Gasteiger partial charge is 0.443 e. The first-order chi connectivity index (χ1) is 13.6. The summed E-state index contributed by atoms with van der Waals surface area (Å²) in [7, 11) is 0. The summed E-state index contributed by atoms with van der Waals surface area (Å²) < 4.78 is 20.6. The van der Waals surface area contributed by atoms with E-state index in [1.165, 1.54) is 27.9 Å². The summed E-state index contributed by atoms with van der Waals surface area (Å²) in [6.07, 6.45) is -0.651. The molecule has 3 rings (SSSR count). The SMILES string of the molecule is Cc1csc2nc([C@H](C)NNC(=O)OC(C)(C)C)c(-c3cccc(F)c3)c(=O)n12. The summed E-state index contributed by atoms with van der Waals surface area (Å²) in [5.41, 5.74) is 6.20. The maximum absolute atomic E-state index is 13.8. The van der Waals surface area contributed by atoms with E-state index in [2.05, 4.69) is 15.8 Å². The van der Waals surface area contributed by atoms with Crippen molar-refractivity contribution in [1.29, 1.82) is 0 Å². The highest BCUT2D eigenvalue weighted by molar-refractivity contribution is 7.15. The summed E-state index contributed by atoms with van der Waals surface area (Å²) in [4.78, 5) is 30.3. The quantitative estimate of drug-likeness (QED) is 0.627. The van der Waals surface area contributed by atoms with Gasteiger partial charge in [-0.15, -0.1) is 11.3 Å². The third-order valence-corrected chi connectivity index (χ3v) is 5.02. The van der Waals surface area contributed by atoms with Gasteiger partial charge in [-0.05, 0) is 52.3 Å². The van der Waals surface area contributed by atoms with Gasteiger partial charge in [-0.25, -0.2) is 19.6 Å². The van der Waals surface area contributed by atoms with Crippen molar-refractivity contribution in [3.8, 4) is 11.1 Å². The van der Waals surface area contributed by atoms with Crippen molar-refractivity contribution in [3.63, 3.8) is 0 Å². The van der Waals surface area contributed by atoms with E-state index in [1.54, 1.807) is 39.8 Å². The lowest BCUT2D eigenvalue weighted by Gasteiger charge is -2.22. The molecule has 3 aromatic rings. The Labute approximate surface area is 171 Å². The molecule has 154 valence electrons. The van der Waals surface area contributed by atoms with Crippen molar-refractivity contribution in [3.05, 3.63) is 57.2 Å². The number of ether oxygens (including phenoxy) is 1. The minimum absolute atomic E-state index is 0.273. The Morgan fingerprint density at radius 2 is 2.07 bits per heavy atom. The summed E-state index contributed by atoms with van der Waals surface area (Å²) >= 11 is 1.34. The number of nitrogens with one attached hydrogen (secondary N) is 2. The first-order valence-electron chi connectivity index (χ1n) is 9.08. The number of nitrogens with zero attached hydrogens (tertiary/aromatic N) is 2. The zero-order valence-electron chi connectivity index (χ0n) is 16.9. The molecule has 0 bridgehead atoms. The van der Waals surface area contributed by atoms with Crippen LogP contribution in [0.15, 0.2) is 34.4 Å². The van der Waals surface area contributed by atoms with Crippen LogP contribution in [0.1, 0.15) is 45.1 Å². The van der Waals surface area contributed by atoms with Gasteiger partial charge in [0.2, 0.25) is 0 Å². The van der Waals surface area contributed by atoms with Crippen LogP contribution < -0.4 is 16.4 Å². The highest BCUT2D eigenvalue weighted by atomic mass is 32.1. The number of benzene rings is 1. The number of hydrogen-bond acceptors (Lipinski definition) is 6. The fraction of sp³-hybridized carbons (Fsp3) is 0.350. The molecule has 29 heavy (non-hydrogen) atoms. The van der Waals surface area contributed by atoms with Crippen molar-refractivity contribution in [2.24, 2.45) is 0 Å². The van der Waals surface area contributed by atoms with Gasteiger partial charge in [-0.2, -0.15) is 0 Å². The van der Waals surface area contributed by atoms with E-state index in [9.17, 15) is 14.0 Å². The van der Waals surface area contributed by atoms with Crippen LogP contribution in [-0.2, 0) is 4.74 Å². The molecule has 0 aliphatic rings. The fourth-order valence-corrected chi connectivity index (χ4v) is 3.73. The monoisotopic (exact) mass is 418 g/mol.